The minimum atomic E-state index is -0.155. The van der Waals surface area contributed by atoms with Crippen LogP contribution in [0.5, 0.6) is 0 Å². The first-order valence-electron chi connectivity index (χ1n) is 9.58. The van der Waals surface area contributed by atoms with Crippen LogP contribution in [0.15, 0.2) is 47.6 Å². The number of benzene rings is 2. The van der Waals surface area contributed by atoms with Crippen LogP contribution in [0, 0.1) is 0 Å². The third-order valence-corrected chi connectivity index (χ3v) is 5.68. The van der Waals surface area contributed by atoms with Gasteiger partial charge in [0.25, 0.3) is 0 Å². The smallest absolute Gasteiger partial charge is 0.215 e. The molecule has 0 amide bonds. The first kappa shape index (κ1) is 18.2. The Balaban J connectivity index is 1.34. The van der Waals surface area contributed by atoms with Crippen LogP contribution in [0.4, 0.5) is 11.4 Å². The van der Waals surface area contributed by atoms with Gasteiger partial charge in [-0.3, -0.25) is 10.1 Å². The second-order valence-corrected chi connectivity index (χ2v) is 7.50. The van der Waals surface area contributed by atoms with Crippen LogP contribution in [-0.4, -0.2) is 54.5 Å². The van der Waals surface area contributed by atoms with Gasteiger partial charge in [-0.1, -0.05) is 23.7 Å². The number of nitrogens with zero attached hydrogens (tertiary/aromatic N) is 4. The van der Waals surface area contributed by atoms with Crippen molar-refractivity contribution in [2.45, 2.75) is 6.17 Å². The van der Waals surface area contributed by atoms with Gasteiger partial charge in [0.2, 0.25) is 5.96 Å². The number of aliphatic imine (C=N–C) groups is 1. The number of hydrazine groups is 1. The van der Waals surface area contributed by atoms with E-state index in [1.54, 1.807) is 6.20 Å². The second kappa shape index (κ2) is 7.55. The normalized spacial score (nSPS) is 19.7. The van der Waals surface area contributed by atoms with Gasteiger partial charge in [0.1, 0.15) is 6.17 Å². The van der Waals surface area contributed by atoms with Crippen molar-refractivity contribution in [3.8, 4) is 0 Å². The van der Waals surface area contributed by atoms with Gasteiger partial charge in [0, 0.05) is 31.2 Å². The number of anilines is 2. The summed E-state index contributed by atoms with van der Waals surface area (Å²) in [6.45, 7) is 3.42. The van der Waals surface area contributed by atoms with Crippen molar-refractivity contribution in [2.75, 3.05) is 43.6 Å². The number of morpholine rings is 1. The molecule has 0 saturated carbocycles. The number of halogens is 1. The van der Waals surface area contributed by atoms with Crippen LogP contribution in [-0.2, 0) is 4.74 Å². The monoisotopic (exact) mass is 411 g/mol. The van der Waals surface area contributed by atoms with E-state index in [0.29, 0.717) is 11.0 Å². The zero-order valence-electron chi connectivity index (χ0n) is 16.0. The molecule has 29 heavy (non-hydrogen) atoms. The van der Waals surface area contributed by atoms with Crippen molar-refractivity contribution in [3.63, 3.8) is 0 Å². The molecule has 8 nitrogen and oxygen atoms in total. The van der Waals surface area contributed by atoms with E-state index in [1.165, 1.54) is 5.69 Å². The highest BCUT2D eigenvalue weighted by Crippen LogP contribution is 2.31. The quantitative estimate of drug-likeness (QED) is 0.614. The van der Waals surface area contributed by atoms with Crippen LogP contribution < -0.4 is 15.6 Å². The predicted octanol–water partition coefficient (Wildman–Crippen LogP) is 2.97. The molecule has 9 heteroatoms. The summed E-state index contributed by atoms with van der Waals surface area (Å²) in [5.41, 5.74) is 7.37. The van der Waals surface area contributed by atoms with E-state index in [-0.39, 0.29) is 6.17 Å². The van der Waals surface area contributed by atoms with Gasteiger partial charge in [0.05, 0.1) is 35.6 Å². The second-order valence-electron chi connectivity index (χ2n) is 7.12. The zero-order valence-corrected chi connectivity index (χ0v) is 16.8. The molecule has 1 unspecified atom stereocenters. The average Bonchev–Trinajstić information content (AvgIpc) is 3.38. The van der Waals surface area contributed by atoms with Crippen LogP contribution in [0.2, 0.25) is 5.02 Å². The predicted molar refractivity (Wildman–Crippen MR) is 115 cm³/mol. The lowest BCUT2D eigenvalue weighted by molar-refractivity contribution is 0.122. The Bertz CT molecular complexity index is 1040. The van der Waals surface area contributed by atoms with E-state index < -0.39 is 0 Å². The molecule has 1 atom stereocenters. The fourth-order valence-electron chi connectivity index (χ4n) is 3.64. The minimum absolute atomic E-state index is 0.155. The number of guanidine groups is 1. The summed E-state index contributed by atoms with van der Waals surface area (Å²) in [5, 5.41) is 13.6. The molecule has 0 radical (unpaired) electrons. The average molecular weight is 412 g/mol. The largest absolute Gasteiger partial charge is 0.378 e. The van der Waals surface area contributed by atoms with Gasteiger partial charge in [-0.25, -0.2) is 10.4 Å². The molecule has 2 aliphatic heterocycles. The summed E-state index contributed by atoms with van der Waals surface area (Å²) in [6, 6.07) is 12.4. The molecule has 3 heterocycles. The van der Waals surface area contributed by atoms with Crippen LogP contribution in [0.1, 0.15) is 11.7 Å². The molecule has 0 bridgehead atoms. The summed E-state index contributed by atoms with van der Waals surface area (Å²) >= 11 is 6.52. The number of ether oxygens (including phenoxy) is 1. The summed E-state index contributed by atoms with van der Waals surface area (Å²) in [4.78, 5) is 7.13. The van der Waals surface area contributed by atoms with E-state index in [9.17, 15) is 0 Å². The number of rotatable bonds is 3. The topological polar surface area (TPSA) is 80.8 Å². The standard InChI is InChI=1S/C20H22ClN7O/c1-27-20(23-17-7-6-16-15(18(17)21)12-22-25-16)24-19(26-27)13-2-4-14(5-3-13)28-8-10-29-11-9-28/h2-7,12,19,26H,8-11H2,1H3,(H,22,25)(H,23,24). The molecule has 1 saturated heterocycles. The molecule has 1 aromatic heterocycles. The summed E-state index contributed by atoms with van der Waals surface area (Å²) in [7, 11) is 1.93. The number of aromatic amines is 1. The SMILES string of the molecule is CN1NC(c2ccc(N3CCOCC3)cc2)N=C1Nc1ccc2[nH]ncc2c1Cl. The summed E-state index contributed by atoms with van der Waals surface area (Å²) in [5.74, 6) is 0.706. The lowest BCUT2D eigenvalue weighted by Crippen LogP contribution is -2.37. The highest BCUT2D eigenvalue weighted by Gasteiger charge is 2.24. The number of nitrogens with one attached hydrogen (secondary N) is 3. The third kappa shape index (κ3) is 3.50. The molecule has 5 rings (SSSR count). The fraction of sp³-hybridized carbons (Fsp3) is 0.300. The van der Waals surface area contributed by atoms with E-state index in [0.717, 1.165) is 48.5 Å². The number of aromatic nitrogens is 2. The minimum Gasteiger partial charge on any atom is -0.378 e. The van der Waals surface area contributed by atoms with E-state index in [2.05, 4.69) is 50.1 Å². The van der Waals surface area contributed by atoms with Gasteiger partial charge in [0.15, 0.2) is 0 Å². The van der Waals surface area contributed by atoms with Crippen molar-refractivity contribution < 1.29 is 4.74 Å². The van der Waals surface area contributed by atoms with Gasteiger partial charge in [-0.15, -0.1) is 0 Å². The molecule has 150 valence electrons. The number of hydrogen-bond acceptors (Lipinski definition) is 7. The van der Waals surface area contributed by atoms with Crippen molar-refractivity contribution in [1.29, 1.82) is 0 Å². The number of fused-ring (bicyclic) bond motifs is 1. The Morgan fingerprint density at radius 2 is 1.93 bits per heavy atom. The first-order valence-corrected chi connectivity index (χ1v) is 9.96. The molecular formula is C20H22ClN7O. The fourth-order valence-corrected chi connectivity index (χ4v) is 3.90. The molecule has 2 aromatic carbocycles. The molecular weight excluding hydrogens is 390 g/mol. The number of hydrogen-bond donors (Lipinski definition) is 3. The van der Waals surface area contributed by atoms with Gasteiger partial charge < -0.3 is 15.0 Å². The summed E-state index contributed by atoms with van der Waals surface area (Å²) in [6.07, 6.45) is 1.57. The maximum atomic E-state index is 6.52. The van der Waals surface area contributed by atoms with Gasteiger partial charge in [-0.2, -0.15) is 5.10 Å². The van der Waals surface area contributed by atoms with Crippen molar-refractivity contribution in [3.05, 3.63) is 53.2 Å². The highest BCUT2D eigenvalue weighted by atomic mass is 35.5. The zero-order chi connectivity index (χ0) is 19.8. The van der Waals surface area contributed by atoms with Crippen LogP contribution in [0.25, 0.3) is 10.9 Å². The lowest BCUT2D eigenvalue weighted by atomic mass is 10.1. The molecule has 2 aliphatic rings. The lowest BCUT2D eigenvalue weighted by Gasteiger charge is -2.29. The highest BCUT2D eigenvalue weighted by molar-refractivity contribution is 6.38. The van der Waals surface area contributed by atoms with Gasteiger partial charge in [-0.05, 0) is 29.8 Å². The van der Waals surface area contributed by atoms with E-state index in [4.69, 9.17) is 21.3 Å². The first-order chi connectivity index (χ1) is 14.2. The third-order valence-electron chi connectivity index (χ3n) is 5.27. The molecule has 0 aliphatic carbocycles. The molecule has 3 N–H and O–H groups in total. The Labute approximate surface area is 173 Å². The molecule has 3 aromatic rings. The van der Waals surface area contributed by atoms with Crippen molar-refractivity contribution in [2.24, 2.45) is 4.99 Å². The Morgan fingerprint density at radius 3 is 2.72 bits per heavy atom. The molecule has 1 fully saturated rings. The van der Waals surface area contributed by atoms with Crippen LogP contribution >= 0.6 is 11.6 Å². The Kier molecular flexibility index (Phi) is 4.75. The van der Waals surface area contributed by atoms with E-state index >= 15 is 0 Å². The Morgan fingerprint density at radius 1 is 1.14 bits per heavy atom. The number of H-pyrrole nitrogens is 1. The van der Waals surface area contributed by atoms with E-state index in [1.807, 2.05) is 24.2 Å². The van der Waals surface area contributed by atoms with Crippen LogP contribution in [0.3, 0.4) is 0 Å². The maximum Gasteiger partial charge on any atom is 0.215 e. The Hall–Kier alpha value is -2.81. The summed E-state index contributed by atoms with van der Waals surface area (Å²) < 4.78 is 5.43. The molecule has 0 spiro atoms. The van der Waals surface area contributed by atoms with Gasteiger partial charge >= 0.3 is 0 Å². The van der Waals surface area contributed by atoms with Crippen molar-refractivity contribution >= 4 is 39.8 Å². The maximum absolute atomic E-state index is 6.52. The van der Waals surface area contributed by atoms with Crippen molar-refractivity contribution in [1.82, 2.24) is 20.6 Å².